The lowest BCUT2D eigenvalue weighted by molar-refractivity contribution is 0.394. The molecule has 0 radical (unpaired) electrons. The second-order valence-electron chi connectivity index (χ2n) is 3.94. The average molecular weight is 326 g/mol. The predicted molar refractivity (Wildman–Crippen MR) is 74.7 cm³/mol. The number of nitrogens with zero attached hydrogens (tertiary/aromatic N) is 2. The van der Waals surface area contributed by atoms with Crippen LogP contribution in [-0.2, 0) is 0 Å². The summed E-state index contributed by atoms with van der Waals surface area (Å²) in [6.45, 7) is 1.84. The molecule has 0 bridgehead atoms. The van der Waals surface area contributed by atoms with Gasteiger partial charge in [0.1, 0.15) is 5.82 Å². The van der Waals surface area contributed by atoms with Gasteiger partial charge in [-0.05, 0) is 28.9 Å². The van der Waals surface area contributed by atoms with E-state index in [0.29, 0.717) is 21.9 Å². The summed E-state index contributed by atoms with van der Waals surface area (Å²) in [7, 11) is 1.52. The van der Waals surface area contributed by atoms with Gasteiger partial charge in [0.15, 0.2) is 0 Å². The molecule has 6 heteroatoms. The Bertz CT molecular complexity index is 580. The largest absolute Gasteiger partial charge is 0.480 e. The maximum Gasteiger partial charge on any atom is 0.232 e. The molecule has 0 aliphatic heterocycles. The second-order valence-corrected chi connectivity index (χ2v) is 4.79. The molecular formula is C13H13BrFN3O. The number of anilines is 1. The van der Waals surface area contributed by atoms with Crippen LogP contribution >= 0.6 is 15.9 Å². The van der Waals surface area contributed by atoms with Crippen molar-refractivity contribution in [1.29, 1.82) is 0 Å². The lowest BCUT2D eigenvalue weighted by Gasteiger charge is -2.15. The van der Waals surface area contributed by atoms with Crippen molar-refractivity contribution in [2.24, 2.45) is 0 Å². The molecular weight excluding hydrogens is 313 g/mol. The van der Waals surface area contributed by atoms with Crippen LogP contribution in [0.15, 0.2) is 34.9 Å². The molecule has 1 aromatic carbocycles. The topological polar surface area (TPSA) is 47.0 Å². The average Bonchev–Trinajstić information content (AvgIpc) is 2.41. The van der Waals surface area contributed by atoms with E-state index in [1.165, 1.54) is 13.2 Å². The number of methoxy groups -OCH3 is 1. The summed E-state index contributed by atoms with van der Waals surface area (Å²) in [6.07, 6.45) is 1.59. The Morgan fingerprint density at radius 3 is 2.79 bits per heavy atom. The monoisotopic (exact) mass is 325 g/mol. The molecule has 0 aliphatic rings. The number of hydrogen-bond acceptors (Lipinski definition) is 4. The van der Waals surface area contributed by atoms with Gasteiger partial charge in [0.05, 0.1) is 23.8 Å². The van der Waals surface area contributed by atoms with Gasteiger partial charge in [0.2, 0.25) is 11.8 Å². The van der Waals surface area contributed by atoms with Gasteiger partial charge in [-0.2, -0.15) is 4.98 Å². The number of benzene rings is 1. The van der Waals surface area contributed by atoms with Crippen LogP contribution in [0.3, 0.4) is 0 Å². The number of nitrogens with one attached hydrogen (secondary N) is 1. The SMILES string of the molecule is COc1nc(NC(C)c2ccccc2F)ncc1Br. The minimum Gasteiger partial charge on any atom is -0.480 e. The van der Waals surface area contributed by atoms with Crippen molar-refractivity contribution in [3.8, 4) is 5.88 Å². The number of rotatable bonds is 4. The van der Waals surface area contributed by atoms with E-state index in [-0.39, 0.29) is 11.9 Å². The Hall–Kier alpha value is -1.69. The highest BCUT2D eigenvalue weighted by Gasteiger charge is 2.12. The lowest BCUT2D eigenvalue weighted by Crippen LogP contribution is -2.11. The molecule has 0 spiro atoms. The van der Waals surface area contributed by atoms with Crippen LogP contribution in [0.1, 0.15) is 18.5 Å². The third kappa shape index (κ3) is 3.20. The van der Waals surface area contributed by atoms with Gasteiger partial charge in [0, 0.05) is 5.56 Å². The van der Waals surface area contributed by atoms with Crippen LogP contribution in [0, 0.1) is 5.82 Å². The summed E-state index contributed by atoms with van der Waals surface area (Å²) < 4.78 is 19.4. The first-order valence-electron chi connectivity index (χ1n) is 5.69. The highest BCUT2D eigenvalue weighted by atomic mass is 79.9. The van der Waals surface area contributed by atoms with Gasteiger partial charge in [0.25, 0.3) is 0 Å². The van der Waals surface area contributed by atoms with E-state index in [4.69, 9.17) is 4.74 Å². The van der Waals surface area contributed by atoms with Gasteiger partial charge >= 0.3 is 0 Å². The van der Waals surface area contributed by atoms with Crippen LogP contribution in [0.2, 0.25) is 0 Å². The zero-order valence-corrected chi connectivity index (χ0v) is 12.1. The summed E-state index contributed by atoms with van der Waals surface area (Å²) in [5.41, 5.74) is 0.563. The quantitative estimate of drug-likeness (QED) is 0.933. The fraction of sp³-hybridized carbons (Fsp3) is 0.231. The molecule has 0 saturated carbocycles. The van der Waals surface area contributed by atoms with Crippen LogP contribution < -0.4 is 10.1 Å². The zero-order chi connectivity index (χ0) is 13.8. The Labute approximate surface area is 119 Å². The van der Waals surface area contributed by atoms with Crippen molar-refractivity contribution in [3.05, 3.63) is 46.3 Å². The fourth-order valence-corrected chi connectivity index (χ4v) is 2.01. The second kappa shape index (κ2) is 5.97. The standard InChI is InChI=1S/C13H13BrFN3O/c1-8(9-5-3-4-6-11(9)15)17-13-16-7-10(14)12(18-13)19-2/h3-8H,1-2H3,(H,16,17,18). The molecule has 0 amide bonds. The maximum absolute atomic E-state index is 13.6. The van der Waals surface area contributed by atoms with Crippen molar-refractivity contribution in [1.82, 2.24) is 9.97 Å². The molecule has 1 heterocycles. The molecule has 1 N–H and O–H groups in total. The van der Waals surface area contributed by atoms with E-state index in [9.17, 15) is 4.39 Å². The van der Waals surface area contributed by atoms with E-state index in [1.807, 2.05) is 6.92 Å². The number of halogens is 2. The van der Waals surface area contributed by atoms with Crippen LogP contribution in [0.5, 0.6) is 5.88 Å². The number of ether oxygens (including phenoxy) is 1. The summed E-state index contributed by atoms with van der Waals surface area (Å²) in [4.78, 5) is 8.28. The molecule has 0 aliphatic carbocycles. The van der Waals surface area contributed by atoms with Crippen molar-refractivity contribution in [3.63, 3.8) is 0 Å². The Morgan fingerprint density at radius 2 is 2.11 bits per heavy atom. The first-order valence-corrected chi connectivity index (χ1v) is 6.48. The highest BCUT2D eigenvalue weighted by Crippen LogP contribution is 2.24. The van der Waals surface area contributed by atoms with Crippen molar-refractivity contribution >= 4 is 21.9 Å². The molecule has 0 saturated heterocycles. The van der Waals surface area contributed by atoms with E-state index in [0.717, 1.165) is 0 Å². The zero-order valence-electron chi connectivity index (χ0n) is 10.5. The van der Waals surface area contributed by atoms with Crippen molar-refractivity contribution < 1.29 is 9.13 Å². The van der Waals surface area contributed by atoms with E-state index < -0.39 is 0 Å². The normalized spacial score (nSPS) is 12.0. The Kier molecular flexibility index (Phi) is 4.31. The fourth-order valence-electron chi connectivity index (χ4n) is 1.66. The molecule has 1 unspecified atom stereocenters. The van der Waals surface area contributed by atoms with Crippen molar-refractivity contribution in [2.45, 2.75) is 13.0 Å². The number of hydrogen-bond donors (Lipinski definition) is 1. The minimum atomic E-state index is -0.258. The highest BCUT2D eigenvalue weighted by molar-refractivity contribution is 9.10. The molecule has 1 aromatic heterocycles. The summed E-state index contributed by atoms with van der Waals surface area (Å²) in [5.74, 6) is 0.556. The van der Waals surface area contributed by atoms with Crippen LogP contribution in [0.4, 0.5) is 10.3 Å². The summed E-state index contributed by atoms with van der Waals surface area (Å²) in [6, 6.07) is 6.36. The third-order valence-corrected chi connectivity index (χ3v) is 3.17. The first-order chi connectivity index (χ1) is 9.11. The van der Waals surface area contributed by atoms with E-state index in [1.54, 1.807) is 24.4 Å². The predicted octanol–water partition coefficient (Wildman–Crippen LogP) is 3.56. The van der Waals surface area contributed by atoms with Gasteiger partial charge in [-0.1, -0.05) is 18.2 Å². The van der Waals surface area contributed by atoms with Gasteiger partial charge in [-0.25, -0.2) is 9.37 Å². The molecule has 2 rings (SSSR count). The van der Waals surface area contributed by atoms with E-state index >= 15 is 0 Å². The molecule has 0 fully saturated rings. The third-order valence-electron chi connectivity index (χ3n) is 2.62. The lowest BCUT2D eigenvalue weighted by atomic mass is 10.1. The van der Waals surface area contributed by atoms with Gasteiger partial charge in [-0.3, -0.25) is 0 Å². The summed E-state index contributed by atoms with van der Waals surface area (Å²) >= 11 is 3.28. The molecule has 2 aromatic rings. The Balaban J connectivity index is 2.19. The molecule has 1 atom stereocenters. The van der Waals surface area contributed by atoms with E-state index in [2.05, 4.69) is 31.2 Å². The first kappa shape index (κ1) is 13.7. The van der Waals surface area contributed by atoms with Gasteiger partial charge < -0.3 is 10.1 Å². The smallest absolute Gasteiger partial charge is 0.232 e. The molecule has 4 nitrogen and oxygen atoms in total. The van der Waals surface area contributed by atoms with Crippen LogP contribution in [0.25, 0.3) is 0 Å². The van der Waals surface area contributed by atoms with Crippen LogP contribution in [-0.4, -0.2) is 17.1 Å². The number of aromatic nitrogens is 2. The maximum atomic E-state index is 13.6. The summed E-state index contributed by atoms with van der Waals surface area (Å²) in [5, 5.41) is 3.04. The molecule has 100 valence electrons. The molecule has 19 heavy (non-hydrogen) atoms. The van der Waals surface area contributed by atoms with Gasteiger partial charge in [-0.15, -0.1) is 0 Å². The van der Waals surface area contributed by atoms with Crippen molar-refractivity contribution in [2.75, 3.05) is 12.4 Å². The minimum absolute atomic E-state index is 0.243. The Morgan fingerprint density at radius 1 is 1.37 bits per heavy atom.